The summed E-state index contributed by atoms with van der Waals surface area (Å²) in [6.07, 6.45) is 7.71. The highest BCUT2D eigenvalue weighted by Crippen LogP contribution is 2.43. The van der Waals surface area contributed by atoms with Crippen molar-refractivity contribution in [2.75, 3.05) is 0 Å². The molecule has 0 N–H and O–H groups in total. The summed E-state index contributed by atoms with van der Waals surface area (Å²) in [5, 5.41) is 0. The minimum atomic E-state index is 0.825. The molecule has 2 atom stereocenters. The standard InChI is InChI=1S/C26H34/c1-15-7-9-23-21(11-15)13-17(3)19(5)25(23)26-20(6)18(4)14-22-12-16(2)8-10-24(22)26/h13-16H,7-12H2,1-6H3. The molecule has 4 rings (SSSR count). The summed E-state index contributed by atoms with van der Waals surface area (Å²) in [5.41, 5.74) is 15.8. The molecular weight excluding hydrogens is 312 g/mol. The van der Waals surface area contributed by atoms with Gasteiger partial charge in [-0.2, -0.15) is 0 Å². The van der Waals surface area contributed by atoms with Gasteiger partial charge in [-0.05, 0) is 134 Å². The fourth-order valence-electron chi connectivity index (χ4n) is 5.43. The average molecular weight is 347 g/mol. The van der Waals surface area contributed by atoms with E-state index in [9.17, 15) is 0 Å². The number of fused-ring (bicyclic) bond motifs is 2. The predicted molar refractivity (Wildman–Crippen MR) is 113 cm³/mol. The van der Waals surface area contributed by atoms with Crippen LogP contribution in [-0.2, 0) is 25.7 Å². The summed E-state index contributed by atoms with van der Waals surface area (Å²) in [6, 6.07) is 4.98. The van der Waals surface area contributed by atoms with Crippen molar-refractivity contribution in [3.63, 3.8) is 0 Å². The molecule has 2 aliphatic carbocycles. The third-order valence-corrected chi connectivity index (χ3v) is 7.25. The maximum absolute atomic E-state index is 2.49. The van der Waals surface area contributed by atoms with Crippen LogP contribution in [0.3, 0.4) is 0 Å². The van der Waals surface area contributed by atoms with Crippen LogP contribution in [-0.4, -0.2) is 0 Å². The molecule has 26 heavy (non-hydrogen) atoms. The normalized spacial score (nSPS) is 22.1. The molecule has 0 bridgehead atoms. The molecule has 138 valence electrons. The van der Waals surface area contributed by atoms with E-state index in [0.717, 1.165) is 11.8 Å². The lowest BCUT2D eigenvalue weighted by atomic mass is 9.73. The van der Waals surface area contributed by atoms with Gasteiger partial charge in [-0.1, -0.05) is 26.0 Å². The fourth-order valence-corrected chi connectivity index (χ4v) is 5.43. The molecular formula is C26H34. The van der Waals surface area contributed by atoms with Gasteiger partial charge in [0, 0.05) is 0 Å². The molecule has 0 saturated heterocycles. The van der Waals surface area contributed by atoms with E-state index in [1.165, 1.54) is 60.8 Å². The Morgan fingerprint density at radius 1 is 0.654 bits per heavy atom. The van der Waals surface area contributed by atoms with E-state index in [-0.39, 0.29) is 0 Å². The van der Waals surface area contributed by atoms with Crippen LogP contribution in [0.25, 0.3) is 11.1 Å². The van der Waals surface area contributed by atoms with Crippen molar-refractivity contribution in [1.29, 1.82) is 0 Å². The summed E-state index contributed by atoms with van der Waals surface area (Å²) < 4.78 is 0. The SMILES string of the molecule is Cc1cc2c(c(-c3c(C)c(C)cc4c3CCC(C)C4)c1C)CCC(C)C2. The van der Waals surface area contributed by atoms with E-state index in [0.29, 0.717) is 0 Å². The van der Waals surface area contributed by atoms with E-state index in [4.69, 9.17) is 0 Å². The lowest BCUT2D eigenvalue weighted by Crippen LogP contribution is -2.17. The van der Waals surface area contributed by atoms with Gasteiger partial charge in [0.1, 0.15) is 0 Å². The van der Waals surface area contributed by atoms with Crippen LogP contribution in [0.4, 0.5) is 0 Å². The van der Waals surface area contributed by atoms with Crippen LogP contribution >= 0.6 is 0 Å². The van der Waals surface area contributed by atoms with Crippen molar-refractivity contribution in [2.24, 2.45) is 11.8 Å². The smallest absolute Gasteiger partial charge is 0.0112 e. The van der Waals surface area contributed by atoms with Gasteiger partial charge in [0.25, 0.3) is 0 Å². The molecule has 0 amide bonds. The Hall–Kier alpha value is -1.56. The molecule has 2 aromatic carbocycles. The lowest BCUT2D eigenvalue weighted by Gasteiger charge is -2.31. The Kier molecular flexibility index (Phi) is 4.49. The van der Waals surface area contributed by atoms with Crippen LogP contribution in [0.1, 0.15) is 71.2 Å². The first-order chi connectivity index (χ1) is 12.4. The monoisotopic (exact) mass is 346 g/mol. The fraction of sp³-hybridized carbons (Fsp3) is 0.538. The second-order valence-corrected chi connectivity index (χ2v) is 9.36. The first kappa shape index (κ1) is 17.8. The summed E-state index contributed by atoms with van der Waals surface area (Å²) in [7, 11) is 0. The van der Waals surface area contributed by atoms with Gasteiger partial charge >= 0.3 is 0 Å². The highest BCUT2D eigenvalue weighted by Gasteiger charge is 2.27. The predicted octanol–water partition coefficient (Wildman–Crippen LogP) is 6.84. The number of benzene rings is 2. The maximum atomic E-state index is 2.49. The molecule has 0 nitrogen and oxygen atoms in total. The maximum Gasteiger partial charge on any atom is -0.0112 e. The van der Waals surface area contributed by atoms with Gasteiger partial charge in [0.05, 0.1) is 0 Å². The second-order valence-electron chi connectivity index (χ2n) is 9.36. The molecule has 0 aliphatic heterocycles. The lowest BCUT2D eigenvalue weighted by molar-refractivity contribution is 0.499. The Balaban J connectivity index is 2.03. The number of hydrogen-bond donors (Lipinski definition) is 0. The minimum Gasteiger partial charge on any atom is -0.0622 e. The highest BCUT2D eigenvalue weighted by atomic mass is 14.3. The quantitative estimate of drug-likeness (QED) is 0.530. The molecule has 0 heterocycles. The van der Waals surface area contributed by atoms with Gasteiger partial charge in [0.2, 0.25) is 0 Å². The summed E-state index contributed by atoms with van der Waals surface area (Å²) in [6.45, 7) is 14.2. The number of rotatable bonds is 1. The third-order valence-electron chi connectivity index (χ3n) is 7.25. The van der Waals surface area contributed by atoms with Crippen molar-refractivity contribution in [3.8, 4) is 11.1 Å². The number of aryl methyl sites for hydroxylation is 2. The molecule has 2 aliphatic rings. The zero-order chi connectivity index (χ0) is 18.6. The van der Waals surface area contributed by atoms with E-state index >= 15 is 0 Å². The molecule has 2 unspecified atom stereocenters. The Morgan fingerprint density at radius 3 is 1.42 bits per heavy atom. The van der Waals surface area contributed by atoms with E-state index in [1.54, 1.807) is 33.4 Å². The van der Waals surface area contributed by atoms with Crippen molar-refractivity contribution in [2.45, 2.75) is 80.1 Å². The molecule has 2 aromatic rings. The molecule has 0 aromatic heterocycles. The third kappa shape index (κ3) is 2.82. The summed E-state index contributed by atoms with van der Waals surface area (Å²) >= 11 is 0. The Bertz CT molecular complexity index is 795. The first-order valence-electron chi connectivity index (χ1n) is 10.6. The van der Waals surface area contributed by atoms with Gasteiger partial charge in [-0.15, -0.1) is 0 Å². The van der Waals surface area contributed by atoms with Crippen molar-refractivity contribution >= 4 is 0 Å². The van der Waals surface area contributed by atoms with Gasteiger partial charge in [-0.3, -0.25) is 0 Å². The zero-order valence-electron chi connectivity index (χ0n) is 17.6. The van der Waals surface area contributed by atoms with E-state index in [1.807, 2.05) is 0 Å². The topological polar surface area (TPSA) is 0 Å². The molecule has 0 fully saturated rings. The van der Waals surface area contributed by atoms with Gasteiger partial charge in [-0.25, -0.2) is 0 Å². The van der Waals surface area contributed by atoms with Crippen molar-refractivity contribution < 1.29 is 0 Å². The Labute approximate surface area is 160 Å². The molecule has 0 heteroatoms. The highest BCUT2D eigenvalue weighted by molar-refractivity contribution is 5.81. The Morgan fingerprint density at radius 2 is 1.04 bits per heavy atom. The van der Waals surface area contributed by atoms with Crippen LogP contribution < -0.4 is 0 Å². The first-order valence-corrected chi connectivity index (χ1v) is 10.6. The molecule has 0 radical (unpaired) electrons. The minimum absolute atomic E-state index is 0.825. The van der Waals surface area contributed by atoms with Crippen molar-refractivity contribution in [3.05, 3.63) is 56.6 Å². The average Bonchev–Trinajstić information content (AvgIpc) is 2.58. The largest absolute Gasteiger partial charge is 0.0622 e. The van der Waals surface area contributed by atoms with Crippen LogP contribution in [0.15, 0.2) is 12.1 Å². The summed E-state index contributed by atoms with van der Waals surface area (Å²) in [4.78, 5) is 0. The van der Waals surface area contributed by atoms with Crippen LogP contribution in [0, 0.1) is 39.5 Å². The van der Waals surface area contributed by atoms with Crippen LogP contribution in [0.5, 0.6) is 0 Å². The zero-order valence-corrected chi connectivity index (χ0v) is 17.6. The van der Waals surface area contributed by atoms with E-state index < -0.39 is 0 Å². The van der Waals surface area contributed by atoms with E-state index in [2.05, 4.69) is 53.7 Å². The number of hydrogen-bond acceptors (Lipinski definition) is 0. The molecule has 0 saturated carbocycles. The van der Waals surface area contributed by atoms with Crippen LogP contribution in [0.2, 0.25) is 0 Å². The van der Waals surface area contributed by atoms with Gasteiger partial charge in [0.15, 0.2) is 0 Å². The molecule has 0 spiro atoms. The second kappa shape index (κ2) is 6.55. The van der Waals surface area contributed by atoms with Crippen molar-refractivity contribution in [1.82, 2.24) is 0 Å². The summed E-state index contributed by atoms with van der Waals surface area (Å²) in [5.74, 6) is 1.65. The van der Waals surface area contributed by atoms with Gasteiger partial charge < -0.3 is 0 Å².